The van der Waals surface area contributed by atoms with Gasteiger partial charge in [-0.25, -0.2) is 24.5 Å². The van der Waals surface area contributed by atoms with Crippen molar-refractivity contribution in [2.75, 3.05) is 12.8 Å². The van der Waals surface area contributed by atoms with Crippen LogP contribution in [0.3, 0.4) is 0 Å². The Balaban J connectivity index is 2.25. The minimum absolute atomic E-state index is 0.201. The van der Waals surface area contributed by atoms with Gasteiger partial charge in [-0.1, -0.05) is 0 Å². The van der Waals surface area contributed by atoms with Gasteiger partial charge in [-0.15, -0.1) is 0 Å². The van der Waals surface area contributed by atoms with Gasteiger partial charge >= 0.3 is 12.1 Å². The third-order valence-corrected chi connectivity index (χ3v) is 4.37. The predicted octanol–water partition coefficient (Wildman–Crippen LogP) is 2.02. The summed E-state index contributed by atoms with van der Waals surface area (Å²) < 4.78 is 12.3. The van der Waals surface area contributed by atoms with Crippen molar-refractivity contribution in [1.29, 1.82) is 0 Å². The highest BCUT2D eigenvalue weighted by molar-refractivity contribution is 9.10. The lowest BCUT2D eigenvalue weighted by atomic mass is 9.98. The van der Waals surface area contributed by atoms with Gasteiger partial charge in [0.15, 0.2) is 21.7 Å². The third-order valence-electron chi connectivity index (χ3n) is 3.76. The fraction of sp³-hybridized carbons (Fsp3) is 0.562. The van der Waals surface area contributed by atoms with Crippen LogP contribution >= 0.6 is 15.9 Å². The normalized spacial score (nSPS) is 13.9. The van der Waals surface area contributed by atoms with Crippen LogP contribution in [-0.2, 0) is 20.8 Å². The van der Waals surface area contributed by atoms with Crippen LogP contribution in [0.2, 0.25) is 0 Å². The molecule has 2 aromatic heterocycles. The van der Waals surface area contributed by atoms with Gasteiger partial charge in [-0.05, 0) is 50.0 Å². The maximum Gasteiger partial charge on any atom is 0.408 e. The maximum atomic E-state index is 12.3. The van der Waals surface area contributed by atoms with Crippen molar-refractivity contribution in [3.63, 3.8) is 0 Å². The molecule has 10 nitrogen and oxygen atoms in total. The Hall–Kier alpha value is -2.43. The Morgan fingerprint density at radius 2 is 1.96 bits per heavy atom. The van der Waals surface area contributed by atoms with Gasteiger partial charge in [0, 0.05) is 6.54 Å². The highest BCUT2D eigenvalue weighted by Gasteiger charge is 2.37. The number of hydrogen-bond acceptors (Lipinski definition) is 8. The van der Waals surface area contributed by atoms with Gasteiger partial charge in [-0.2, -0.15) is 0 Å². The summed E-state index contributed by atoms with van der Waals surface area (Å²) in [4.78, 5) is 36.9. The molecule has 11 heteroatoms. The molecular weight excluding hydrogens is 420 g/mol. The average molecular weight is 443 g/mol. The van der Waals surface area contributed by atoms with Gasteiger partial charge in [0.05, 0.1) is 7.11 Å². The number of nitrogen functional groups attached to an aromatic ring is 1. The highest BCUT2D eigenvalue weighted by atomic mass is 79.9. The summed E-state index contributed by atoms with van der Waals surface area (Å²) in [5, 5.41) is 2.60. The number of methoxy groups -OCH3 is 1. The van der Waals surface area contributed by atoms with Crippen LogP contribution in [0, 0.1) is 0 Å². The number of aryl methyl sites for hydroxylation is 1. The number of nitrogens with two attached hydrogens (primary N) is 1. The van der Waals surface area contributed by atoms with Gasteiger partial charge in [0.25, 0.3) is 0 Å². The first kappa shape index (κ1) is 20.9. The number of anilines is 1. The van der Waals surface area contributed by atoms with Crippen LogP contribution < -0.4 is 11.1 Å². The Kier molecular flexibility index (Phi) is 5.93. The monoisotopic (exact) mass is 442 g/mol. The van der Waals surface area contributed by atoms with Crippen molar-refractivity contribution in [1.82, 2.24) is 24.8 Å². The summed E-state index contributed by atoms with van der Waals surface area (Å²) in [5.41, 5.74) is 4.77. The molecule has 0 aliphatic rings. The molecule has 0 saturated heterocycles. The number of aromatic nitrogens is 4. The summed E-state index contributed by atoms with van der Waals surface area (Å²) in [6, 6.07) is 0. The molecule has 1 atom stereocenters. The van der Waals surface area contributed by atoms with Crippen molar-refractivity contribution < 1.29 is 19.1 Å². The Labute approximate surface area is 165 Å². The highest BCUT2D eigenvalue weighted by Crippen LogP contribution is 2.24. The largest absolute Gasteiger partial charge is 0.467 e. The number of carbonyl (C=O) groups excluding carboxylic acids is 2. The molecule has 27 heavy (non-hydrogen) atoms. The zero-order chi connectivity index (χ0) is 20.4. The van der Waals surface area contributed by atoms with E-state index in [4.69, 9.17) is 15.2 Å². The Morgan fingerprint density at radius 3 is 2.56 bits per heavy atom. The number of esters is 1. The lowest BCUT2D eigenvalue weighted by Gasteiger charge is -2.29. The van der Waals surface area contributed by atoms with E-state index in [1.165, 1.54) is 13.4 Å². The molecule has 148 valence electrons. The SMILES string of the molecule is COC(=O)[C@@](C)(CCn1c(Br)nc2c(N)ncnc21)NC(=O)OC(C)(C)C. The van der Waals surface area contributed by atoms with Gasteiger partial charge in [0.1, 0.15) is 17.5 Å². The van der Waals surface area contributed by atoms with Crippen LogP contribution in [-0.4, -0.2) is 49.8 Å². The molecule has 0 bridgehead atoms. The average Bonchev–Trinajstić information content (AvgIpc) is 2.87. The van der Waals surface area contributed by atoms with E-state index in [1.807, 2.05) is 0 Å². The molecule has 0 radical (unpaired) electrons. The zero-order valence-corrected chi connectivity index (χ0v) is 17.5. The van der Waals surface area contributed by atoms with Gasteiger partial charge in [-0.3, -0.25) is 0 Å². The van der Waals surface area contributed by atoms with E-state index in [1.54, 1.807) is 32.3 Å². The van der Waals surface area contributed by atoms with Crippen molar-refractivity contribution >= 4 is 45.0 Å². The van der Waals surface area contributed by atoms with Crippen LogP contribution in [0.5, 0.6) is 0 Å². The molecule has 0 aliphatic heterocycles. The molecule has 1 amide bonds. The molecule has 0 aromatic carbocycles. The van der Waals surface area contributed by atoms with Crippen LogP contribution in [0.1, 0.15) is 34.1 Å². The lowest BCUT2D eigenvalue weighted by molar-refractivity contribution is -0.148. The zero-order valence-electron chi connectivity index (χ0n) is 15.9. The number of nitrogens with zero attached hydrogens (tertiary/aromatic N) is 4. The molecule has 0 fully saturated rings. The molecule has 0 unspecified atom stereocenters. The van der Waals surface area contributed by atoms with E-state index < -0.39 is 23.2 Å². The van der Waals surface area contributed by atoms with Crippen molar-refractivity contribution in [2.24, 2.45) is 0 Å². The van der Waals surface area contributed by atoms with Gasteiger partial charge in [0.2, 0.25) is 0 Å². The molecule has 0 saturated carbocycles. The number of rotatable bonds is 5. The summed E-state index contributed by atoms with van der Waals surface area (Å²) in [6.45, 7) is 7.08. The number of ether oxygens (including phenoxy) is 2. The van der Waals surface area contributed by atoms with E-state index in [9.17, 15) is 9.59 Å². The lowest BCUT2D eigenvalue weighted by Crippen LogP contribution is -2.54. The first-order valence-electron chi connectivity index (χ1n) is 8.18. The summed E-state index contributed by atoms with van der Waals surface area (Å²) in [5.74, 6) is -0.342. The Morgan fingerprint density at radius 1 is 1.30 bits per heavy atom. The number of halogens is 1. The second kappa shape index (κ2) is 7.67. The van der Waals surface area contributed by atoms with E-state index in [-0.39, 0.29) is 12.2 Å². The molecule has 2 rings (SSSR count). The second-order valence-electron chi connectivity index (χ2n) is 7.16. The number of hydrogen-bond donors (Lipinski definition) is 2. The number of carbonyl (C=O) groups is 2. The molecule has 2 aromatic rings. The molecular formula is C16H23BrN6O4. The van der Waals surface area contributed by atoms with E-state index >= 15 is 0 Å². The van der Waals surface area contributed by atoms with Crippen molar-refractivity contribution in [3.8, 4) is 0 Å². The smallest absolute Gasteiger partial charge is 0.408 e. The maximum absolute atomic E-state index is 12.3. The molecule has 3 N–H and O–H groups in total. The first-order valence-corrected chi connectivity index (χ1v) is 8.98. The van der Waals surface area contributed by atoms with Crippen molar-refractivity contribution in [2.45, 2.75) is 51.8 Å². The number of imidazole rings is 1. The molecule has 0 spiro atoms. The fourth-order valence-corrected chi connectivity index (χ4v) is 2.95. The van der Waals surface area contributed by atoms with Crippen LogP contribution in [0.4, 0.5) is 10.6 Å². The predicted molar refractivity (Wildman–Crippen MR) is 102 cm³/mol. The van der Waals surface area contributed by atoms with Crippen LogP contribution in [0.15, 0.2) is 11.1 Å². The van der Waals surface area contributed by atoms with Gasteiger partial charge < -0.3 is 25.1 Å². The standard InChI is InChI=1S/C16H23BrN6O4/c1-15(2,3)27-14(25)22-16(4,12(24)26-5)6-7-23-11-9(21-13(23)17)10(18)19-8-20-11/h8H,6-7H2,1-5H3,(H,22,25)(H2,18,19,20)/t16-/m1/s1. The number of fused-ring (bicyclic) bond motifs is 1. The van der Waals surface area contributed by atoms with E-state index in [0.29, 0.717) is 22.4 Å². The Bertz CT molecular complexity index is 862. The number of alkyl carbamates (subject to hydrolysis) is 1. The topological polar surface area (TPSA) is 134 Å². The first-order chi connectivity index (χ1) is 12.5. The molecule has 0 aliphatic carbocycles. The quantitative estimate of drug-likeness (QED) is 0.530. The van der Waals surface area contributed by atoms with Crippen LogP contribution in [0.25, 0.3) is 11.2 Å². The van der Waals surface area contributed by atoms with E-state index in [2.05, 4.69) is 36.2 Å². The van der Waals surface area contributed by atoms with Crippen molar-refractivity contribution in [3.05, 3.63) is 11.1 Å². The minimum atomic E-state index is -1.31. The third kappa shape index (κ3) is 4.85. The molecule has 2 heterocycles. The second-order valence-corrected chi connectivity index (χ2v) is 7.87. The minimum Gasteiger partial charge on any atom is -0.467 e. The summed E-state index contributed by atoms with van der Waals surface area (Å²) in [6.07, 6.45) is 0.824. The summed E-state index contributed by atoms with van der Waals surface area (Å²) >= 11 is 3.36. The summed E-state index contributed by atoms with van der Waals surface area (Å²) in [7, 11) is 1.26. The number of nitrogens with one attached hydrogen (secondary N) is 1. The fourth-order valence-electron chi connectivity index (χ4n) is 2.43. The van der Waals surface area contributed by atoms with E-state index in [0.717, 1.165) is 0 Å². The number of amides is 1.